The lowest BCUT2D eigenvalue weighted by atomic mass is 9.96. The van der Waals surface area contributed by atoms with Crippen LogP contribution in [-0.4, -0.2) is 68.3 Å². The van der Waals surface area contributed by atoms with E-state index < -0.39 is 0 Å². The van der Waals surface area contributed by atoms with Gasteiger partial charge in [-0.05, 0) is 49.4 Å². The van der Waals surface area contributed by atoms with Gasteiger partial charge in [0.15, 0.2) is 0 Å². The zero-order valence-electron chi connectivity index (χ0n) is 16.4. The van der Waals surface area contributed by atoms with Crippen LogP contribution >= 0.6 is 15.9 Å². The van der Waals surface area contributed by atoms with Gasteiger partial charge in [-0.2, -0.15) is 0 Å². The van der Waals surface area contributed by atoms with Crippen LogP contribution in [0.3, 0.4) is 0 Å². The number of unbranched alkanes of at least 4 members (excludes halogenated alkanes) is 1. The first-order chi connectivity index (χ1) is 13.2. The van der Waals surface area contributed by atoms with E-state index in [1.165, 1.54) is 5.69 Å². The van der Waals surface area contributed by atoms with Crippen molar-refractivity contribution in [2.24, 2.45) is 5.92 Å². The number of hydrogen-bond acceptors (Lipinski definition) is 4. The summed E-state index contributed by atoms with van der Waals surface area (Å²) in [5, 5.41) is 0. The summed E-state index contributed by atoms with van der Waals surface area (Å²) in [7, 11) is 0. The van der Waals surface area contributed by atoms with Gasteiger partial charge in [0.1, 0.15) is 0 Å². The van der Waals surface area contributed by atoms with Crippen molar-refractivity contribution in [1.29, 1.82) is 0 Å². The van der Waals surface area contributed by atoms with E-state index >= 15 is 0 Å². The molecule has 0 spiro atoms. The molecule has 0 radical (unpaired) electrons. The van der Waals surface area contributed by atoms with Crippen molar-refractivity contribution in [3.63, 3.8) is 0 Å². The predicted molar refractivity (Wildman–Crippen MR) is 113 cm³/mol. The molecule has 0 unspecified atom stereocenters. The molecule has 1 amide bonds. The lowest BCUT2D eigenvalue weighted by Gasteiger charge is -2.39. The van der Waals surface area contributed by atoms with Crippen LogP contribution in [-0.2, 0) is 4.74 Å². The molecule has 0 bridgehead atoms. The molecule has 2 saturated heterocycles. The molecule has 1 aromatic rings. The van der Waals surface area contributed by atoms with Crippen LogP contribution in [0.25, 0.3) is 0 Å². The van der Waals surface area contributed by atoms with Crippen molar-refractivity contribution in [3.8, 4) is 0 Å². The van der Waals surface area contributed by atoms with Gasteiger partial charge in [-0.25, -0.2) is 4.79 Å². The number of hydrogen-bond donors (Lipinski definition) is 0. The van der Waals surface area contributed by atoms with Gasteiger partial charge in [-0.3, -0.25) is 4.90 Å². The summed E-state index contributed by atoms with van der Waals surface area (Å²) in [5.74, 6) is 0.698. The molecule has 0 atom stereocenters. The number of benzene rings is 1. The van der Waals surface area contributed by atoms with Crippen LogP contribution in [0.2, 0.25) is 0 Å². The molecule has 3 rings (SSSR count). The first-order valence-corrected chi connectivity index (χ1v) is 11.1. The third-order valence-electron chi connectivity index (χ3n) is 5.68. The molecule has 5 nitrogen and oxygen atoms in total. The topological polar surface area (TPSA) is 36.0 Å². The minimum Gasteiger partial charge on any atom is -0.449 e. The minimum absolute atomic E-state index is 0.120. The Balaban J connectivity index is 1.35. The van der Waals surface area contributed by atoms with Gasteiger partial charge in [0, 0.05) is 56.0 Å². The fourth-order valence-corrected chi connectivity index (χ4v) is 4.16. The average molecular weight is 438 g/mol. The van der Waals surface area contributed by atoms with E-state index in [4.69, 9.17) is 4.74 Å². The highest BCUT2D eigenvalue weighted by Crippen LogP contribution is 2.22. The summed E-state index contributed by atoms with van der Waals surface area (Å²) < 4.78 is 6.47. The SMILES string of the molecule is CCCCOC(=O)N1CCC(CN2CCN(c3ccc(Br)cc3)CC2)CC1. The van der Waals surface area contributed by atoms with Crippen molar-refractivity contribution >= 4 is 27.7 Å². The van der Waals surface area contributed by atoms with E-state index in [2.05, 4.69) is 56.9 Å². The monoisotopic (exact) mass is 437 g/mol. The summed E-state index contributed by atoms with van der Waals surface area (Å²) in [4.78, 5) is 19.0. The number of piperidine rings is 1. The molecule has 2 aliphatic heterocycles. The molecule has 0 aromatic heterocycles. The van der Waals surface area contributed by atoms with Gasteiger partial charge in [0.25, 0.3) is 0 Å². The molecule has 2 aliphatic rings. The summed E-state index contributed by atoms with van der Waals surface area (Å²) in [6.45, 7) is 9.92. The van der Waals surface area contributed by atoms with E-state index in [1.807, 2.05) is 4.90 Å². The molecule has 27 heavy (non-hydrogen) atoms. The molecular formula is C21H32BrN3O2. The number of likely N-dealkylation sites (tertiary alicyclic amines) is 1. The fraction of sp³-hybridized carbons (Fsp3) is 0.667. The summed E-state index contributed by atoms with van der Waals surface area (Å²) in [5.41, 5.74) is 1.31. The molecule has 2 heterocycles. The van der Waals surface area contributed by atoms with Crippen LogP contribution in [0.1, 0.15) is 32.6 Å². The highest BCUT2D eigenvalue weighted by atomic mass is 79.9. The van der Waals surface area contributed by atoms with Crippen molar-refractivity contribution in [3.05, 3.63) is 28.7 Å². The maximum Gasteiger partial charge on any atom is 0.409 e. The van der Waals surface area contributed by atoms with Gasteiger partial charge in [0.2, 0.25) is 0 Å². The number of piperazine rings is 1. The predicted octanol–water partition coefficient (Wildman–Crippen LogP) is 4.22. The smallest absolute Gasteiger partial charge is 0.409 e. The molecule has 0 saturated carbocycles. The van der Waals surface area contributed by atoms with Crippen molar-refractivity contribution in [2.45, 2.75) is 32.6 Å². The largest absolute Gasteiger partial charge is 0.449 e. The van der Waals surface area contributed by atoms with Crippen LogP contribution in [0.4, 0.5) is 10.5 Å². The second-order valence-electron chi connectivity index (χ2n) is 7.66. The van der Waals surface area contributed by atoms with E-state index in [-0.39, 0.29) is 6.09 Å². The first kappa shape index (κ1) is 20.5. The lowest BCUT2D eigenvalue weighted by molar-refractivity contribution is 0.0807. The van der Waals surface area contributed by atoms with Crippen LogP contribution in [0.15, 0.2) is 28.7 Å². The zero-order valence-corrected chi connectivity index (χ0v) is 18.0. The standard InChI is InChI=1S/C21H32BrN3O2/c1-2-3-16-27-21(26)25-10-8-18(9-11-25)17-23-12-14-24(15-13-23)20-6-4-19(22)5-7-20/h4-7,18H,2-3,8-17H2,1H3. The summed E-state index contributed by atoms with van der Waals surface area (Å²) in [6, 6.07) is 8.61. The van der Waals surface area contributed by atoms with E-state index in [1.54, 1.807) is 0 Å². The molecule has 6 heteroatoms. The van der Waals surface area contributed by atoms with Gasteiger partial charge in [-0.15, -0.1) is 0 Å². The number of amides is 1. The lowest BCUT2D eigenvalue weighted by Crippen LogP contribution is -2.49. The highest BCUT2D eigenvalue weighted by molar-refractivity contribution is 9.10. The van der Waals surface area contributed by atoms with Crippen molar-refractivity contribution < 1.29 is 9.53 Å². The van der Waals surface area contributed by atoms with Gasteiger partial charge < -0.3 is 14.5 Å². The normalized spacial score (nSPS) is 19.3. The molecule has 2 fully saturated rings. The van der Waals surface area contributed by atoms with Crippen LogP contribution in [0, 0.1) is 5.92 Å². The molecular weight excluding hydrogens is 406 g/mol. The molecule has 0 aliphatic carbocycles. The fourth-order valence-electron chi connectivity index (χ4n) is 3.90. The summed E-state index contributed by atoms with van der Waals surface area (Å²) in [6.07, 6.45) is 4.08. The Bertz CT molecular complexity index is 580. The van der Waals surface area contributed by atoms with E-state index in [0.717, 1.165) is 76.0 Å². The number of carbonyl (C=O) groups is 1. The van der Waals surface area contributed by atoms with Crippen LogP contribution < -0.4 is 4.90 Å². The highest BCUT2D eigenvalue weighted by Gasteiger charge is 2.26. The average Bonchev–Trinajstić information content (AvgIpc) is 2.70. The Kier molecular flexibility index (Phi) is 7.82. The van der Waals surface area contributed by atoms with Crippen molar-refractivity contribution in [1.82, 2.24) is 9.80 Å². The second kappa shape index (κ2) is 10.3. The number of carbonyl (C=O) groups excluding carboxylic acids is 1. The van der Waals surface area contributed by atoms with Gasteiger partial charge >= 0.3 is 6.09 Å². The number of halogens is 1. The number of rotatable bonds is 6. The van der Waals surface area contributed by atoms with Crippen molar-refractivity contribution in [2.75, 3.05) is 57.3 Å². The van der Waals surface area contributed by atoms with Gasteiger partial charge in [0.05, 0.1) is 6.61 Å². The van der Waals surface area contributed by atoms with Gasteiger partial charge in [-0.1, -0.05) is 29.3 Å². The Morgan fingerprint density at radius 2 is 1.74 bits per heavy atom. The quantitative estimate of drug-likeness (QED) is 0.624. The number of anilines is 1. The summed E-state index contributed by atoms with van der Waals surface area (Å²) >= 11 is 3.50. The Morgan fingerprint density at radius 3 is 2.37 bits per heavy atom. The zero-order chi connectivity index (χ0) is 19.1. The molecule has 1 aromatic carbocycles. The maximum absolute atomic E-state index is 12.0. The molecule has 150 valence electrons. The number of ether oxygens (including phenoxy) is 1. The Hall–Kier alpha value is -1.27. The third kappa shape index (κ3) is 6.11. The molecule has 0 N–H and O–H groups in total. The Labute approximate surface area is 171 Å². The van der Waals surface area contributed by atoms with Crippen LogP contribution in [0.5, 0.6) is 0 Å². The minimum atomic E-state index is -0.120. The Morgan fingerprint density at radius 1 is 1.07 bits per heavy atom. The van der Waals surface area contributed by atoms with E-state index in [9.17, 15) is 4.79 Å². The third-order valence-corrected chi connectivity index (χ3v) is 6.21. The van der Waals surface area contributed by atoms with E-state index in [0.29, 0.717) is 12.5 Å². The number of nitrogens with zero attached hydrogens (tertiary/aromatic N) is 3. The first-order valence-electron chi connectivity index (χ1n) is 10.3. The second-order valence-corrected chi connectivity index (χ2v) is 8.58. The maximum atomic E-state index is 12.0.